The third-order valence-electron chi connectivity index (χ3n) is 4.29. The minimum atomic E-state index is -0.417. The third-order valence-corrected chi connectivity index (χ3v) is 4.29. The van der Waals surface area contributed by atoms with Gasteiger partial charge >= 0.3 is 12.0 Å². The lowest BCUT2D eigenvalue weighted by atomic mass is 10.2. The van der Waals surface area contributed by atoms with E-state index in [2.05, 4.69) is 20.6 Å². The smallest absolute Gasteiger partial charge is 0.323 e. The van der Waals surface area contributed by atoms with Crippen molar-refractivity contribution >= 4 is 23.2 Å². The van der Waals surface area contributed by atoms with Gasteiger partial charge in [0.1, 0.15) is 18.9 Å². The summed E-state index contributed by atoms with van der Waals surface area (Å²) in [7, 11) is 1.50. The van der Waals surface area contributed by atoms with Gasteiger partial charge in [-0.2, -0.15) is 4.98 Å². The Morgan fingerprint density at radius 3 is 2.68 bits per heavy atom. The molecule has 0 spiro atoms. The van der Waals surface area contributed by atoms with Gasteiger partial charge in [0, 0.05) is 24.8 Å². The summed E-state index contributed by atoms with van der Waals surface area (Å²) in [6.45, 7) is 3.51. The summed E-state index contributed by atoms with van der Waals surface area (Å²) in [4.78, 5) is 23.0. The Balaban J connectivity index is 1.49. The summed E-state index contributed by atoms with van der Waals surface area (Å²) in [5, 5.41) is 5.59. The predicted molar refractivity (Wildman–Crippen MR) is 102 cm³/mol. The van der Waals surface area contributed by atoms with E-state index >= 15 is 0 Å². The van der Waals surface area contributed by atoms with Crippen LogP contribution in [0, 0.1) is 0 Å². The van der Waals surface area contributed by atoms with Gasteiger partial charge in [-0.1, -0.05) is 0 Å². The molecule has 2 aliphatic heterocycles. The predicted octanol–water partition coefficient (Wildman–Crippen LogP) is 1.74. The molecule has 3 heterocycles. The first-order valence-electron chi connectivity index (χ1n) is 8.94. The molecule has 0 aliphatic carbocycles. The van der Waals surface area contributed by atoms with Crippen molar-refractivity contribution in [1.29, 1.82) is 0 Å². The molecule has 1 aromatic heterocycles. The highest BCUT2D eigenvalue weighted by atomic mass is 16.6. The maximum Gasteiger partial charge on any atom is 0.323 e. The van der Waals surface area contributed by atoms with Crippen molar-refractivity contribution in [2.24, 2.45) is 0 Å². The molecular formula is C18H21N5O5. The van der Waals surface area contributed by atoms with Crippen molar-refractivity contribution in [3.05, 3.63) is 24.4 Å². The number of rotatable bonds is 4. The molecule has 4 rings (SSSR count). The number of hydrogen-bond acceptors (Lipinski definition) is 8. The molecule has 0 saturated carbocycles. The van der Waals surface area contributed by atoms with E-state index in [1.165, 1.54) is 13.3 Å². The van der Waals surface area contributed by atoms with Gasteiger partial charge in [-0.25, -0.2) is 9.78 Å². The summed E-state index contributed by atoms with van der Waals surface area (Å²) in [6, 6.07) is 5.06. The van der Waals surface area contributed by atoms with Crippen LogP contribution in [-0.4, -0.2) is 62.6 Å². The maximum atomic E-state index is 12.5. The molecule has 0 atom stereocenters. The summed E-state index contributed by atoms with van der Waals surface area (Å²) in [6.07, 6.45) is 1.53. The number of nitrogens with one attached hydrogen (secondary N) is 2. The van der Waals surface area contributed by atoms with Gasteiger partial charge in [0.15, 0.2) is 17.3 Å². The van der Waals surface area contributed by atoms with Crippen LogP contribution >= 0.6 is 0 Å². The van der Waals surface area contributed by atoms with E-state index in [0.29, 0.717) is 68.2 Å². The van der Waals surface area contributed by atoms with Crippen LogP contribution < -0.4 is 29.7 Å². The third kappa shape index (κ3) is 4.01. The van der Waals surface area contributed by atoms with Crippen LogP contribution in [0.3, 0.4) is 0 Å². The fraction of sp³-hybridized carbons (Fsp3) is 0.389. The van der Waals surface area contributed by atoms with Crippen LogP contribution in [0.15, 0.2) is 24.4 Å². The van der Waals surface area contributed by atoms with E-state index in [4.69, 9.17) is 18.9 Å². The van der Waals surface area contributed by atoms with Crippen molar-refractivity contribution in [2.45, 2.75) is 0 Å². The number of fused-ring (bicyclic) bond motifs is 1. The van der Waals surface area contributed by atoms with E-state index < -0.39 is 6.03 Å². The Labute approximate surface area is 161 Å². The zero-order chi connectivity index (χ0) is 19.3. The second kappa shape index (κ2) is 8.17. The monoisotopic (exact) mass is 387 g/mol. The van der Waals surface area contributed by atoms with Gasteiger partial charge in [0.05, 0.1) is 26.5 Å². The van der Waals surface area contributed by atoms with E-state index in [9.17, 15) is 4.79 Å². The lowest BCUT2D eigenvalue weighted by Crippen LogP contribution is -2.37. The number of aromatic nitrogens is 2. The zero-order valence-electron chi connectivity index (χ0n) is 15.4. The highest BCUT2D eigenvalue weighted by Crippen LogP contribution is 2.33. The number of carbonyl (C=O) groups excluding carboxylic acids is 1. The largest absolute Gasteiger partial charge is 0.486 e. The van der Waals surface area contributed by atoms with Crippen LogP contribution in [-0.2, 0) is 4.74 Å². The summed E-state index contributed by atoms with van der Waals surface area (Å²) in [5.74, 6) is 1.86. The molecule has 2 aromatic rings. The summed E-state index contributed by atoms with van der Waals surface area (Å²) in [5.41, 5.74) is 1.07. The van der Waals surface area contributed by atoms with Gasteiger partial charge in [-0.3, -0.25) is 0 Å². The van der Waals surface area contributed by atoms with Crippen molar-refractivity contribution < 1.29 is 23.7 Å². The maximum absolute atomic E-state index is 12.5. The Hall–Kier alpha value is -3.27. The lowest BCUT2D eigenvalue weighted by molar-refractivity contribution is 0.122. The van der Waals surface area contributed by atoms with E-state index in [1.807, 2.05) is 4.90 Å². The van der Waals surface area contributed by atoms with Crippen molar-refractivity contribution in [1.82, 2.24) is 9.97 Å². The molecule has 1 aromatic carbocycles. The summed E-state index contributed by atoms with van der Waals surface area (Å²) >= 11 is 0. The highest BCUT2D eigenvalue weighted by Gasteiger charge is 2.20. The number of urea groups is 1. The average Bonchev–Trinajstić information content (AvgIpc) is 2.74. The molecule has 1 fully saturated rings. The van der Waals surface area contributed by atoms with Gasteiger partial charge in [-0.15, -0.1) is 0 Å². The molecule has 2 N–H and O–H groups in total. The van der Waals surface area contributed by atoms with Crippen LogP contribution in [0.2, 0.25) is 0 Å². The van der Waals surface area contributed by atoms with Crippen LogP contribution in [0.1, 0.15) is 0 Å². The number of anilines is 3. The average molecular weight is 387 g/mol. The Morgan fingerprint density at radius 1 is 1.11 bits per heavy atom. The standard InChI is InChI=1S/C18H21N5O5/c1-25-18-19-11-13(16(22-18)23-4-6-26-7-5-23)21-17(24)20-12-2-3-14-15(10-12)28-9-8-27-14/h2-3,10-11H,4-9H2,1H3,(H2,20,21,24). The highest BCUT2D eigenvalue weighted by molar-refractivity contribution is 6.01. The normalized spacial score (nSPS) is 15.7. The minimum Gasteiger partial charge on any atom is -0.486 e. The number of amides is 2. The Morgan fingerprint density at radius 2 is 1.89 bits per heavy atom. The van der Waals surface area contributed by atoms with E-state index in [-0.39, 0.29) is 6.01 Å². The first-order valence-corrected chi connectivity index (χ1v) is 8.94. The number of ether oxygens (including phenoxy) is 4. The Bertz CT molecular complexity index is 856. The minimum absolute atomic E-state index is 0.235. The van der Waals surface area contributed by atoms with Crippen molar-refractivity contribution in [3.8, 4) is 17.5 Å². The second-order valence-electron chi connectivity index (χ2n) is 6.13. The number of nitrogens with zero attached hydrogens (tertiary/aromatic N) is 3. The molecule has 2 amide bonds. The number of hydrogen-bond donors (Lipinski definition) is 2. The van der Waals surface area contributed by atoms with Crippen molar-refractivity contribution in [2.75, 3.05) is 62.2 Å². The molecule has 1 saturated heterocycles. The fourth-order valence-electron chi connectivity index (χ4n) is 2.97. The summed E-state index contributed by atoms with van der Waals surface area (Å²) < 4.78 is 21.5. The number of morpholine rings is 1. The Kier molecular flexibility index (Phi) is 5.29. The second-order valence-corrected chi connectivity index (χ2v) is 6.13. The van der Waals surface area contributed by atoms with E-state index in [0.717, 1.165) is 0 Å². The fourth-order valence-corrected chi connectivity index (χ4v) is 2.97. The topological polar surface area (TPSA) is 107 Å². The van der Waals surface area contributed by atoms with Gasteiger partial charge in [0.25, 0.3) is 0 Å². The molecule has 10 nitrogen and oxygen atoms in total. The van der Waals surface area contributed by atoms with Gasteiger partial charge in [-0.05, 0) is 12.1 Å². The molecule has 2 aliphatic rings. The molecule has 10 heteroatoms. The quantitative estimate of drug-likeness (QED) is 0.817. The van der Waals surface area contributed by atoms with Crippen LogP contribution in [0.4, 0.5) is 22.0 Å². The van der Waals surface area contributed by atoms with Gasteiger partial charge in [0.2, 0.25) is 0 Å². The molecule has 0 radical (unpaired) electrons. The molecule has 0 unspecified atom stereocenters. The zero-order valence-corrected chi connectivity index (χ0v) is 15.4. The molecule has 0 bridgehead atoms. The van der Waals surface area contributed by atoms with E-state index in [1.54, 1.807) is 18.2 Å². The molecule has 148 valence electrons. The number of methoxy groups -OCH3 is 1. The molecule has 28 heavy (non-hydrogen) atoms. The first-order chi connectivity index (χ1) is 13.7. The number of carbonyl (C=O) groups is 1. The van der Waals surface area contributed by atoms with Crippen molar-refractivity contribution in [3.63, 3.8) is 0 Å². The number of benzene rings is 1. The molecular weight excluding hydrogens is 366 g/mol. The first kappa shape index (κ1) is 18.1. The van der Waals surface area contributed by atoms with Crippen LogP contribution in [0.5, 0.6) is 17.5 Å². The SMILES string of the molecule is COc1ncc(NC(=O)Nc2ccc3c(c2)OCCO3)c(N2CCOCC2)n1. The van der Waals surface area contributed by atoms with Gasteiger partial charge < -0.3 is 34.5 Å². The van der Waals surface area contributed by atoms with Crippen LogP contribution in [0.25, 0.3) is 0 Å². The lowest BCUT2D eigenvalue weighted by Gasteiger charge is -2.29.